The van der Waals surface area contributed by atoms with E-state index in [4.69, 9.17) is 16.7 Å². The predicted octanol–water partition coefficient (Wildman–Crippen LogP) is 1.63. The molecule has 2 aliphatic rings. The maximum Gasteiger partial charge on any atom is 0.326 e. The Balaban J connectivity index is 0.000000172. The number of carboxylic acid groups (broad SMARTS) is 1. The normalized spacial score (nSPS) is 21.1. The van der Waals surface area contributed by atoms with Gasteiger partial charge in [-0.05, 0) is 30.4 Å². The van der Waals surface area contributed by atoms with E-state index >= 15 is 0 Å². The molecule has 1 amide bonds. The zero-order valence-electron chi connectivity index (χ0n) is 12.4. The second-order valence-corrected chi connectivity index (χ2v) is 5.74. The number of nitrogens with one attached hydrogen (secondary N) is 1. The van der Waals surface area contributed by atoms with Crippen LogP contribution in [0.4, 0.5) is 0 Å². The van der Waals surface area contributed by atoms with Crippen LogP contribution in [0.3, 0.4) is 0 Å². The summed E-state index contributed by atoms with van der Waals surface area (Å²) in [6.45, 7) is 2.20. The van der Waals surface area contributed by atoms with E-state index in [0.29, 0.717) is 18.8 Å². The summed E-state index contributed by atoms with van der Waals surface area (Å²) in [5, 5.41) is 10.6. The average Bonchev–Trinajstić information content (AvgIpc) is 2.85. The molecular weight excluding hydrogens is 304 g/mol. The minimum Gasteiger partial charge on any atom is -0.480 e. The van der Waals surface area contributed by atoms with Crippen molar-refractivity contribution < 1.29 is 14.7 Å². The van der Waals surface area contributed by atoms with Crippen LogP contribution >= 0.6 is 11.6 Å². The van der Waals surface area contributed by atoms with Gasteiger partial charge < -0.3 is 10.4 Å². The summed E-state index contributed by atoms with van der Waals surface area (Å²) >= 11 is 5.82. The Kier molecular flexibility index (Phi) is 6.21. The second kappa shape index (κ2) is 8.15. The van der Waals surface area contributed by atoms with Crippen molar-refractivity contribution in [3.05, 3.63) is 35.4 Å². The number of amides is 1. The number of carboxylic acids is 1. The molecule has 0 saturated carbocycles. The van der Waals surface area contributed by atoms with Gasteiger partial charge in [-0.3, -0.25) is 9.69 Å². The molecule has 120 valence electrons. The molecule has 1 aromatic rings. The van der Waals surface area contributed by atoms with Crippen LogP contribution in [-0.4, -0.2) is 47.0 Å². The Hall–Kier alpha value is -1.59. The van der Waals surface area contributed by atoms with Crippen molar-refractivity contribution in [2.24, 2.45) is 0 Å². The van der Waals surface area contributed by atoms with Crippen LogP contribution < -0.4 is 5.32 Å². The standard InChI is InChI=1S/C11H14ClN.C5H7NO3/c12-9-13-7-5-10-3-1-2-4-11(10)6-8-13;7-4-2-1-3(6-4)5(8)9/h1-4H,5-9H2;3H,1-2H2,(H,6,7)(H,8,9)/t;3-/m.0/s1. The lowest BCUT2D eigenvalue weighted by molar-refractivity contribution is -0.140. The Morgan fingerprint density at radius 3 is 2.18 bits per heavy atom. The van der Waals surface area contributed by atoms with Crippen molar-refractivity contribution in [2.75, 3.05) is 19.1 Å². The molecular formula is C16H21ClN2O3. The van der Waals surface area contributed by atoms with Gasteiger partial charge in [0.25, 0.3) is 0 Å². The monoisotopic (exact) mass is 324 g/mol. The fourth-order valence-corrected chi connectivity index (χ4v) is 2.87. The van der Waals surface area contributed by atoms with Crippen LogP contribution in [0.1, 0.15) is 24.0 Å². The molecule has 0 spiro atoms. The molecule has 6 heteroatoms. The van der Waals surface area contributed by atoms with Crippen molar-refractivity contribution in [3.8, 4) is 0 Å². The fraction of sp³-hybridized carbons (Fsp3) is 0.500. The molecule has 22 heavy (non-hydrogen) atoms. The SMILES string of the molecule is ClCN1CCc2ccccc2CC1.O=C1CC[C@@H](C(=O)O)N1. The number of rotatable bonds is 2. The average molecular weight is 325 g/mol. The van der Waals surface area contributed by atoms with Gasteiger partial charge in [-0.2, -0.15) is 0 Å². The molecule has 2 heterocycles. The van der Waals surface area contributed by atoms with Crippen LogP contribution in [0.2, 0.25) is 0 Å². The lowest BCUT2D eigenvalue weighted by Gasteiger charge is -2.14. The molecule has 3 rings (SSSR count). The first kappa shape index (κ1) is 16.8. The first-order valence-corrected chi connectivity index (χ1v) is 8.01. The van der Waals surface area contributed by atoms with Gasteiger partial charge in [-0.1, -0.05) is 24.3 Å². The van der Waals surface area contributed by atoms with Gasteiger partial charge in [0.15, 0.2) is 0 Å². The van der Waals surface area contributed by atoms with Gasteiger partial charge in [-0.25, -0.2) is 4.79 Å². The molecule has 1 fully saturated rings. The Morgan fingerprint density at radius 2 is 1.82 bits per heavy atom. The summed E-state index contributed by atoms with van der Waals surface area (Å²) in [6, 6.07) is 8.72. The summed E-state index contributed by atoms with van der Waals surface area (Å²) in [5.74, 6) is -1.11. The van der Waals surface area contributed by atoms with E-state index in [-0.39, 0.29) is 5.91 Å². The van der Waals surface area contributed by atoms with Crippen LogP contribution in [0.25, 0.3) is 0 Å². The van der Waals surface area contributed by atoms with Gasteiger partial charge in [0.2, 0.25) is 5.91 Å². The Labute approximate surface area is 135 Å². The summed E-state index contributed by atoms with van der Waals surface area (Å²) in [7, 11) is 0. The topological polar surface area (TPSA) is 69.6 Å². The number of benzene rings is 1. The molecule has 1 saturated heterocycles. The minimum absolute atomic E-state index is 0.164. The maximum absolute atomic E-state index is 10.4. The molecule has 0 aliphatic carbocycles. The number of carbonyl (C=O) groups is 2. The Bertz CT molecular complexity index is 509. The number of hydrogen-bond donors (Lipinski definition) is 2. The lowest BCUT2D eigenvalue weighted by Crippen LogP contribution is -2.32. The van der Waals surface area contributed by atoms with Gasteiger partial charge in [0, 0.05) is 19.5 Å². The molecule has 1 aromatic carbocycles. The first-order valence-electron chi connectivity index (χ1n) is 7.47. The predicted molar refractivity (Wildman–Crippen MR) is 84.9 cm³/mol. The van der Waals surface area contributed by atoms with E-state index in [1.165, 1.54) is 11.1 Å². The van der Waals surface area contributed by atoms with Crippen LogP contribution in [-0.2, 0) is 22.4 Å². The minimum atomic E-state index is -0.944. The third-order valence-corrected chi connectivity index (χ3v) is 4.31. The summed E-state index contributed by atoms with van der Waals surface area (Å²) in [6.07, 6.45) is 3.05. The van der Waals surface area contributed by atoms with E-state index in [0.717, 1.165) is 25.9 Å². The highest BCUT2D eigenvalue weighted by Crippen LogP contribution is 2.15. The van der Waals surface area contributed by atoms with Gasteiger partial charge >= 0.3 is 5.97 Å². The molecule has 0 radical (unpaired) electrons. The van der Waals surface area contributed by atoms with Crippen LogP contribution in [0.15, 0.2) is 24.3 Å². The number of aliphatic carboxylic acids is 1. The van der Waals surface area contributed by atoms with Gasteiger partial charge in [0.1, 0.15) is 6.04 Å². The lowest BCUT2D eigenvalue weighted by atomic mass is 10.0. The summed E-state index contributed by atoms with van der Waals surface area (Å²) < 4.78 is 0. The summed E-state index contributed by atoms with van der Waals surface area (Å²) in [5.41, 5.74) is 2.99. The molecule has 0 aromatic heterocycles. The molecule has 5 nitrogen and oxygen atoms in total. The van der Waals surface area contributed by atoms with E-state index in [9.17, 15) is 9.59 Å². The van der Waals surface area contributed by atoms with Crippen LogP contribution in [0.5, 0.6) is 0 Å². The molecule has 2 aliphatic heterocycles. The fourth-order valence-electron chi connectivity index (χ4n) is 2.63. The number of carbonyl (C=O) groups excluding carboxylic acids is 1. The highest BCUT2D eigenvalue weighted by molar-refractivity contribution is 6.17. The zero-order chi connectivity index (χ0) is 15.9. The molecule has 0 unspecified atom stereocenters. The first-order chi connectivity index (χ1) is 10.6. The van der Waals surface area contributed by atoms with E-state index < -0.39 is 12.0 Å². The number of halogens is 1. The number of alkyl halides is 1. The zero-order valence-corrected chi connectivity index (χ0v) is 13.2. The van der Waals surface area contributed by atoms with Crippen molar-refractivity contribution in [1.29, 1.82) is 0 Å². The van der Waals surface area contributed by atoms with Crippen molar-refractivity contribution in [3.63, 3.8) is 0 Å². The van der Waals surface area contributed by atoms with Gasteiger partial charge in [0.05, 0.1) is 6.00 Å². The molecule has 2 N–H and O–H groups in total. The number of fused-ring (bicyclic) bond motifs is 1. The highest BCUT2D eigenvalue weighted by Gasteiger charge is 2.26. The maximum atomic E-state index is 10.4. The molecule has 0 bridgehead atoms. The van der Waals surface area contributed by atoms with E-state index in [1.807, 2.05) is 0 Å². The number of hydrogen-bond acceptors (Lipinski definition) is 3. The van der Waals surface area contributed by atoms with Crippen molar-refractivity contribution in [1.82, 2.24) is 10.2 Å². The third-order valence-electron chi connectivity index (χ3n) is 3.98. The van der Waals surface area contributed by atoms with Crippen molar-refractivity contribution in [2.45, 2.75) is 31.7 Å². The van der Waals surface area contributed by atoms with Crippen LogP contribution in [0, 0.1) is 0 Å². The summed E-state index contributed by atoms with van der Waals surface area (Å²) in [4.78, 5) is 22.8. The van der Waals surface area contributed by atoms with Gasteiger partial charge in [-0.15, -0.1) is 11.6 Å². The van der Waals surface area contributed by atoms with E-state index in [2.05, 4.69) is 34.5 Å². The third kappa shape index (κ3) is 4.71. The largest absolute Gasteiger partial charge is 0.480 e. The smallest absolute Gasteiger partial charge is 0.326 e. The number of nitrogens with zero attached hydrogens (tertiary/aromatic N) is 1. The van der Waals surface area contributed by atoms with Crippen molar-refractivity contribution >= 4 is 23.5 Å². The van der Waals surface area contributed by atoms with E-state index in [1.54, 1.807) is 0 Å². The highest BCUT2D eigenvalue weighted by atomic mass is 35.5. The quantitative estimate of drug-likeness (QED) is 0.641. The molecule has 1 atom stereocenters. The Morgan fingerprint density at radius 1 is 1.23 bits per heavy atom. The second-order valence-electron chi connectivity index (χ2n) is 5.50.